The van der Waals surface area contributed by atoms with Gasteiger partial charge in [-0.3, -0.25) is 80.5 Å². The van der Waals surface area contributed by atoms with Gasteiger partial charge in [0.05, 0.1) is 46.2 Å². The average molecular weight is 583 g/mol. The van der Waals surface area contributed by atoms with Crippen molar-refractivity contribution >= 4 is 29.2 Å². The number of hydroxylamine groups is 5. The molecule has 0 spiro atoms. The minimum absolute atomic E-state index is 0.00446. The van der Waals surface area contributed by atoms with Gasteiger partial charge in [-0.1, -0.05) is 0 Å². The number of hydrogen-bond acceptors (Lipinski definition) is 15. The van der Waals surface area contributed by atoms with Crippen molar-refractivity contribution in [2.45, 2.75) is 50.4 Å². The summed E-state index contributed by atoms with van der Waals surface area (Å²) in [6.07, 6.45) is -2.70. The fraction of sp³-hybridized carbons (Fsp3) is 0.750. The van der Waals surface area contributed by atoms with Crippen molar-refractivity contribution in [1.82, 2.24) is 27.4 Å². The second-order valence-electron chi connectivity index (χ2n) is 8.01. The first kappa shape index (κ1) is 37.0. The van der Waals surface area contributed by atoms with E-state index in [9.17, 15) is 0 Å². The van der Waals surface area contributed by atoms with Crippen LogP contribution in [0.4, 0.5) is 0 Å². The Balaban J connectivity index is 5.82. The van der Waals surface area contributed by atoms with Crippen LogP contribution in [-0.2, 0) is 23.7 Å². The highest BCUT2D eigenvalue weighted by atomic mass is 16.6. The standard InChI is InChI=1S/C20H42N10O10/c21-15(26-31)1-6-36-11-13(38-8-3-17(23)28-33)20(40-10-5-19(25)30-35)14(39-9-4-18(24)29-34)12-37-7-2-16(22)27-32/h13-14,20,31-35H,1-12H2,(H2,21,26)(H2,22,27)(H2,23,28)(H2,24,29)(H2,25,30). The topological polar surface area (TPSA) is 327 Å². The second kappa shape index (κ2) is 23.8. The number of rotatable bonds is 24. The van der Waals surface area contributed by atoms with Gasteiger partial charge < -0.3 is 23.7 Å². The lowest BCUT2D eigenvalue weighted by Crippen LogP contribution is -2.48. The van der Waals surface area contributed by atoms with Gasteiger partial charge in [0, 0.05) is 32.1 Å². The summed E-state index contributed by atoms with van der Waals surface area (Å²) in [7, 11) is 0. The van der Waals surface area contributed by atoms with E-state index in [1.54, 1.807) is 27.4 Å². The first-order chi connectivity index (χ1) is 19.2. The molecule has 15 N–H and O–H groups in total. The smallest absolute Gasteiger partial charge is 0.120 e. The molecule has 0 rings (SSSR count). The molecule has 0 aliphatic carbocycles. The van der Waals surface area contributed by atoms with Gasteiger partial charge in [-0.2, -0.15) is 0 Å². The van der Waals surface area contributed by atoms with E-state index in [4.69, 9.17) is 76.8 Å². The Hall–Kier alpha value is -3.05. The SMILES string of the molecule is N=C(CCOCC(OCCC(=N)NO)C(OCCC(=N)NO)C(COCCC(=N)NO)OCCC(=N)NO)NO. The van der Waals surface area contributed by atoms with Gasteiger partial charge in [-0.25, -0.2) is 0 Å². The molecular weight excluding hydrogens is 540 g/mol. The summed E-state index contributed by atoms with van der Waals surface area (Å²) in [5, 5.41) is 81.9. The van der Waals surface area contributed by atoms with Gasteiger partial charge in [-0.05, 0) is 0 Å². The lowest BCUT2D eigenvalue weighted by Gasteiger charge is -2.33. The molecule has 0 saturated heterocycles. The summed E-state index contributed by atoms with van der Waals surface area (Å²) in [6, 6.07) is 0. The third kappa shape index (κ3) is 18.3. The highest BCUT2D eigenvalue weighted by molar-refractivity contribution is 5.78. The molecule has 20 nitrogen and oxygen atoms in total. The molecule has 0 aromatic carbocycles. The number of amidine groups is 5. The zero-order valence-electron chi connectivity index (χ0n) is 22.0. The molecule has 0 aromatic heterocycles. The number of nitrogens with one attached hydrogen (secondary N) is 10. The van der Waals surface area contributed by atoms with Gasteiger partial charge in [0.15, 0.2) is 0 Å². The van der Waals surface area contributed by atoms with Crippen molar-refractivity contribution in [2.24, 2.45) is 0 Å². The fourth-order valence-corrected chi connectivity index (χ4v) is 2.88. The monoisotopic (exact) mass is 582 g/mol. The maximum atomic E-state index is 8.93. The predicted octanol–water partition coefficient (Wildman–Crippen LogP) is -1.09. The van der Waals surface area contributed by atoms with E-state index >= 15 is 0 Å². The van der Waals surface area contributed by atoms with E-state index in [2.05, 4.69) is 0 Å². The Morgan fingerprint density at radius 1 is 0.450 bits per heavy atom. The van der Waals surface area contributed by atoms with Crippen LogP contribution in [0.5, 0.6) is 0 Å². The van der Waals surface area contributed by atoms with Crippen molar-refractivity contribution in [2.75, 3.05) is 46.2 Å². The number of ether oxygens (including phenoxy) is 5. The van der Waals surface area contributed by atoms with E-state index in [0.717, 1.165) is 0 Å². The Kier molecular flexibility index (Phi) is 22.0. The minimum Gasteiger partial charge on any atom is -0.378 e. The first-order valence-corrected chi connectivity index (χ1v) is 12.1. The first-order valence-electron chi connectivity index (χ1n) is 12.1. The molecule has 0 bridgehead atoms. The van der Waals surface area contributed by atoms with Crippen LogP contribution in [0.3, 0.4) is 0 Å². The molecule has 0 aliphatic rings. The second-order valence-corrected chi connectivity index (χ2v) is 8.01. The molecule has 2 unspecified atom stereocenters. The van der Waals surface area contributed by atoms with Crippen LogP contribution < -0.4 is 27.4 Å². The summed E-state index contributed by atoms with van der Waals surface area (Å²) < 4.78 is 29.0. The van der Waals surface area contributed by atoms with Crippen LogP contribution in [0.25, 0.3) is 0 Å². The van der Waals surface area contributed by atoms with Crippen molar-refractivity contribution in [1.29, 1.82) is 27.0 Å². The minimum atomic E-state index is -0.968. The number of hydrogen-bond donors (Lipinski definition) is 15. The van der Waals surface area contributed by atoms with Crippen LogP contribution in [0.15, 0.2) is 0 Å². The lowest BCUT2D eigenvalue weighted by molar-refractivity contribution is -0.167. The molecule has 40 heavy (non-hydrogen) atoms. The van der Waals surface area contributed by atoms with Gasteiger partial charge in [0.1, 0.15) is 47.5 Å². The van der Waals surface area contributed by atoms with E-state index in [1.165, 1.54) is 0 Å². The molecule has 0 amide bonds. The normalized spacial score (nSPS) is 13.0. The van der Waals surface area contributed by atoms with Crippen LogP contribution in [0, 0.1) is 27.0 Å². The molecule has 0 saturated carbocycles. The van der Waals surface area contributed by atoms with Crippen molar-refractivity contribution < 1.29 is 49.7 Å². The van der Waals surface area contributed by atoms with E-state index in [0.29, 0.717) is 0 Å². The molecule has 0 heterocycles. The summed E-state index contributed by atoms with van der Waals surface area (Å²) in [6.45, 7) is -0.412. The van der Waals surface area contributed by atoms with Crippen LogP contribution in [0.2, 0.25) is 0 Å². The Morgan fingerprint density at radius 3 is 1.02 bits per heavy atom. The van der Waals surface area contributed by atoms with Gasteiger partial charge in [0.2, 0.25) is 0 Å². The molecule has 232 valence electrons. The summed E-state index contributed by atoms with van der Waals surface area (Å²) in [4.78, 5) is 0. The third-order valence-corrected chi connectivity index (χ3v) is 5.00. The average Bonchev–Trinajstić information content (AvgIpc) is 2.97. The Bertz CT molecular complexity index is 714. The van der Waals surface area contributed by atoms with E-state index in [1.807, 2.05) is 0 Å². The highest BCUT2D eigenvalue weighted by Crippen LogP contribution is 2.16. The zero-order valence-corrected chi connectivity index (χ0v) is 22.0. The van der Waals surface area contributed by atoms with Gasteiger partial charge in [-0.15, -0.1) is 0 Å². The van der Waals surface area contributed by atoms with E-state index < -0.39 is 18.3 Å². The lowest BCUT2D eigenvalue weighted by atomic mass is 10.1. The Morgan fingerprint density at radius 2 is 0.725 bits per heavy atom. The molecular formula is C20H42N10O10. The highest BCUT2D eigenvalue weighted by Gasteiger charge is 2.33. The predicted molar refractivity (Wildman–Crippen MR) is 137 cm³/mol. The zero-order chi connectivity index (χ0) is 30.2. The van der Waals surface area contributed by atoms with E-state index in [-0.39, 0.29) is 108 Å². The Labute approximate surface area is 230 Å². The molecule has 2 atom stereocenters. The third-order valence-electron chi connectivity index (χ3n) is 5.00. The summed E-state index contributed by atoms with van der Waals surface area (Å²) in [5.41, 5.74) is 8.53. The largest absolute Gasteiger partial charge is 0.378 e. The molecule has 0 radical (unpaired) electrons. The maximum absolute atomic E-state index is 8.93. The van der Waals surface area contributed by atoms with Gasteiger partial charge in [0.25, 0.3) is 0 Å². The van der Waals surface area contributed by atoms with Crippen LogP contribution >= 0.6 is 0 Å². The van der Waals surface area contributed by atoms with Crippen LogP contribution in [-0.4, -0.2) is 120 Å². The summed E-state index contributed by atoms with van der Waals surface area (Å²) >= 11 is 0. The van der Waals surface area contributed by atoms with Gasteiger partial charge >= 0.3 is 0 Å². The maximum Gasteiger partial charge on any atom is 0.120 e. The molecule has 0 fully saturated rings. The fourth-order valence-electron chi connectivity index (χ4n) is 2.88. The summed E-state index contributed by atoms with van der Waals surface area (Å²) in [5.74, 6) is -1.02. The molecule has 0 aromatic rings. The molecule has 20 heteroatoms. The van der Waals surface area contributed by atoms with Crippen molar-refractivity contribution in [3.8, 4) is 0 Å². The molecule has 0 aliphatic heterocycles. The quantitative estimate of drug-likeness (QED) is 0.0278. The van der Waals surface area contributed by atoms with Crippen LogP contribution in [0.1, 0.15) is 32.1 Å². The van der Waals surface area contributed by atoms with Crippen molar-refractivity contribution in [3.63, 3.8) is 0 Å². The van der Waals surface area contributed by atoms with Crippen molar-refractivity contribution in [3.05, 3.63) is 0 Å².